The number of carboxylic acids is 1. The SMILES string of the molecule is O=C(O)CSC1CCCN(C(=O)OCc2ccccc2)C1. The van der Waals surface area contributed by atoms with Gasteiger partial charge in [0, 0.05) is 18.3 Å². The smallest absolute Gasteiger partial charge is 0.410 e. The summed E-state index contributed by atoms with van der Waals surface area (Å²) in [6.07, 6.45) is 1.51. The number of ether oxygens (including phenoxy) is 1. The van der Waals surface area contributed by atoms with Gasteiger partial charge in [-0.05, 0) is 18.4 Å². The van der Waals surface area contributed by atoms with Crippen molar-refractivity contribution in [1.29, 1.82) is 0 Å². The average molecular weight is 309 g/mol. The largest absolute Gasteiger partial charge is 0.481 e. The van der Waals surface area contributed by atoms with E-state index in [-0.39, 0.29) is 23.7 Å². The minimum absolute atomic E-state index is 0.0809. The Bertz CT molecular complexity index is 480. The van der Waals surface area contributed by atoms with Crippen LogP contribution in [0.3, 0.4) is 0 Å². The number of carbonyl (C=O) groups excluding carboxylic acids is 1. The molecule has 1 heterocycles. The molecular weight excluding hydrogens is 290 g/mol. The van der Waals surface area contributed by atoms with Gasteiger partial charge in [0.05, 0.1) is 5.75 Å². The first-order chi connectivity index (χ1) is 10.1. The fraction of sp³-hybridized carbons (Fsp3) is 0.467. The lowest BCUT2D eigenvalue weighted by Gasteiger charge is -2.31. The van der Waals surface area contributed by atoms with Crippen LogP contribution in [0.4, 0.5) is 4.79 Å². The predicted octanol–water partition coefficient (Wildman–Crippen LogP) is 2.61. The molecule has 0 bridgehead atoms. The Balaban J connectivity index is 1.77. The molecular formula is C15H19NO4S. The highest BCUT2D eigenvalue weighted by Gasteiger charge is 2.25. The molecule has 1 aromatic carbocycles. The van der Waals surface area contributed by atoms with Gasteiger partial charge in [0.25, 0.3) is 0 Å². The number of carboxylic acid groups (broad SMARTS) is 1. The number of aliphatic carboxylic acids is 1. The van der Waals surface area contributed by atoms with E-state index in [2.05, 4.69) is 0 Å². The normalized spacial score (nSPS) is 18.3. The number of benzene rings is 1. The standard InChI is InChI=1S/C15H19NO4S/c17-14(18)11-21-13-7-4-8-16(9-13)15(19)20-10-12-5-2-1-3-6-12/h1-3,5-6,13H,4,7-11H2,(H,17,18). The van der Waals surface area contributed by atoms with Crippen LogP contribution in [-0.2, 0) is 16.1 Å². The minimum atomic E-state index is -0.816. The van der Waals surface area contributed by atoms with Crippen molar-refractivity contribution < 1.29 is 19.4 Å². The summed E-state index contributed by atoms with van der Waals surface area (Å²) < 4.78 is 5.30. The maximum Gasteiger partial charge on any atom is 0.410 e. The molecule has 6 heteroatoms. The molecule has 1 aromatic rings. The van der Waals surface area contributed by atoms with Gasteiger partial charge in [0.15, 0.2) is 0 Å². The summed E-state index contributed by atoms with van der Waals surface area (Å²) in [6.45, 7) is 1.51. The van der Waals surface area contributed by atoms with E-state index in [0.717, 1.165) is 18.4 Å². The Labute approximate surface area is 128 Å². The van der Waals surface area contributed by atoms with Crippen molar-refractivity contribution in [3.8, 4) is 0 Å². The molecule has 21 heavy (non-hydrogen) atoms. The summed E-state index contributed by atoms with van der Waals surface area (Å²) >= 11 is 1.39. The van der Waals surface area contributed by atoms with Crippen LogP contribution in [-0.4, -0.2) is 46.2 Å². The first-order valence-corrected chi connectivity index (χ1v) is 7.99. The highest BCUT2D eigenvalue weighted by Crippen LogP contribution is 2.23. The van der Waals surface area contributed by atoms with Crippen molar-refractivity contribution in [2.75, 3.05) is 18.8 Å². The van der Waals surface area contributed by atoms with Crippen LogP contribution >= 0.6 is 11.8 Å². The van der Waals surface area contributed by atoms with E-state index in [1.54, 1.807) is 4.90 Å². The zero-order valence-corrected chi connectivity index (χ0v) is 12.6. The van der Waals surface area contributed by atoms with Crippen molar-refractivity contribution in [3.05, 3.63) is 35.9 Å². The van der Waals surface area contributed by atoms with E-state index >= 15 is 0 Å². The number of hydrogen-bond donors (Lipinski definition) is 1. The second kappa shape index (κ2) is 7.93. The number of rotatable bonds is 5. The van der Waals surface area contributed by atoms with Gasteiger partial charge in [-0.25, -0.2) is 4.79 Å². The third-order valence-electron chi connectivity index (χ3n) is 3.28. The molecule has 0 spiro atoms. The fourth-order valence-corrected chi connectivity index (χ4v) is 3.24. The van der Waals surface area contributed by atoms with Crippen molar-refractivity contribution in [2.24, 2.45) is 0 Å². The molecule has 0 aromatic heterocycles. The maximum absolute atomic E-state index is 12.0. The summed E-state index contributed by atoms with van der Waals surface area (Å²) in [6, 6.07) is 9.55. The average Bonchev–Trinajstić information content (AvgIpc) is 2.52. The zero-order valence-electron chi connectivity index (χ0n) is 11.7. The van der Waals surface area contributed by atoms with E-state index in [1.165, 1.54) is 11.8 Å². The second-order valence-electron chi connectivity index (χ2n) is 4.96. The Morgan fingerprint density at radius 3 is 2.81 bits per heavy atom. The predicted molar refractivity (Wildman–Crippen MR) is 81.3 cm³/mol. The molecule has 5 nitrogen and oxygen atoms in total. The number of thioether (sulfide) groups is 1. The minimum Gasteiger partial charge on any atom is -0.481 e. The van der Waals surface area contributed by atoms with Crippen LogP contribution < -0.4 is 0 Å². The monoisotopic (exact) mass is 309 g/mol. The molecule has 1 aliphatic heterocycles. The lowest BCUT2D eigenvalue weighted by molar-refractivity contribution is -0.133. The topological polar surface area (TPSA) is 66.8 Å². The summed E-state index contributed by atoms with van der Waals surface area (Å²) in [7, 11) is 0. The molecule has 1 saturated heterocycles. The molecule has 0 aliphatic carbocycles. The highest BCUT2D eigenvalue weighted by atomic mass is 32.2. The number of piperidine rings is 1. The van der Waals surface area contributed by atoms with Crippen molar-refractivity contribution in [2.45, 2.75) is 24.7 Å². The third-order valence-corrected chi connectivity index (χ3v) is 4.55. The van der Waals surface area contributed by atoms with Crippen LogP contribution in [0, 0.1) is 0 Å². The molecule has 2 rings (SSSR count). The summed E-state index contributed by atoms with van der Waals surface area (Å²) in [5, 5.41) is 8.88. The van der Waals surface area contributed by atoms with Gasteiger partial charge in [0.2, 0.25) is 0 Å². The molecule has 1 unspecified atom stereocenters. The lowest BCUT2D eigenvalue weighted by atomic mass is 10.1. The lowest BCUT2D eigenvalue weighted by Crippen LogP contribution is -2.41. The van der Waals surface area contributed by atoms with Crippen LogP contribution in [0.15, 0.2) is 30.3 Å². The Morgan fingerprint density at radius 2 is 2.10 bits per heavy atom. The molecule has 1 aliphatic rings. The van der Waals surface area contributed by atoms with Gasteiger partial charge in [-0.2, -0.15) is 0 Å². The van der Waals surface area contributed by atoms with Crippen LogP contribution in [0.2, 0.25) is 0 Å². The van der Waals surface area contributed by atoms with Gasteiger partial charge in [-0.1, -0.05) is 30.3 Å². The Hall–Kier alpha value is -1.69. The van der Waals surface area contributed by atoms with E-state index in [9.17, 15) is 9.59 Å². The van der Waals surface area contributed by atoms with E-state index in [1.807, 2.05) is 30.3 Å². The van der Waals surface area contributed by atoms with E-state index in [4.69, 9.17) is 9.84 Å². The fourth-order valence-electron chi connectivity index (χ4n) is 2.24. The van der Waals surface area contributed by atoms with Crippen molar-refractivity contribution in [1.82, 2.24) is 4.90 Å². The maximum atomic E-state index is 12.0. The summed E-state index contributed by atoms with van der Waals surface area (Å²) in [5.41, 5.74) is 0.958. The number of hydrogen-bond acceptors (Lipinski definition) is 4. The van der Waals surface area contributed by atoms with Gasteiger partial charge in [0.1, 0.15) is 6.61 Å². The number of likely N-dealkylation sites (tertiary alicyclic amines) is 1. The summed E-state index contributed by atoms with van der Waals surface area (Å²) in [4.78, 5) is 24.3. The van der Waals surface area contributed by atoms with Gasteiger partial charge < -0.3 is 14.7 Å². The molecule has 114 valence electrons. The Kier molecular flexibility index (Phi) is 5.92. The van der Waals surface area contributed by atoms with Crippen molar-refractivity contribution >= 4 is 23.8 Å². The number of nitrogens with zero attached hydrogens (tertiary/aromatic N) is 1. The van der Waals surface area contributed by atoms with Crippen LogP contribution in [0.1, 0.15) is 18.4 Å². The molecule has 1 amide bonds. The van der Waals surface area contributed by atoms with Gasteiger partial charge in [-0.15, -0.1) is 11.8 Å². The third kappa shape index (κ3) is 5.30. The number of carbonyl (C=O) groups is 2. The highest BCUT2D eigenvalue weighted by molar-refractivity contribution is 8.00. The quantitative estimate of drug-likeness (QED) is 0.905. The number of amides is 1. The van der Waals surface area contributed by atoms with E-state index in [0.29, 0.717) is 13.1 Å². The molecule has 1 atom stereocenters. The molecule has 1 N–H and O–H groups in total. The van der Waals surface area contributed by atoms with E-state index < -0.39 is 5.97 Å². The van der Waals surface area contributed by atoms with Gasteiger partial charge >= 0.3 is 12.1 Å². The first kappa shape index (κ1) is 15.7. The molecule has 0 radical (unpaired) electrons. The Morgan fingerprint density at radius 1 is 1.33 bits per heavy atom. The van der Waals surface area contributed by atoms with Crippen molar-refractivity contribution in [3.63, 3.8) is 0 Å². The van der Waals surface area contributed by atoms with Gasteiger partial charge in [-0.3, -0.25) is 4.79 Å². The zero-order chi connectivity index (χ0) is 15.1. The molecule has 0 saturated carbocycles. The first-order valence-electron chi connectivity index (χ1n) is 6.94. The van der Waals surface area contributed by atoms with Crippen LogP contribution in [0.5, 0.6) is 0 Å². The molecule has 1 fully saturated rings. The van der Waals surface area contributed by atoms with Crippen LogP contribution in [0.25, 0.3) is 0 Å². The second-order valence-corrected chi connectivity index (χ2v) is 6.24. The summed E-state index contributed by atoms with van der Waals surface area (Å²) in [5.74, 6) is -0.735.